The Bertz CT molecular complexity index is 804. The molecule has 6 nitrogen and oxygen atoms in total. The fourth-order valence-corrected chi connectivity index (χ4v) is 5.14. The van der Waals surface area contributed by atoms with Crippen LogP contribution in [0.2, 0.25) is 0 Å². The molecule has 0 radical (unpaired) electrons. The minimum Gasteiger partial charge on any atom is -0.508 e. The first kappa shape index (κ1) is 20.9. The summed E-state index contributed by atoms with van der Waals surface area (Å²) in [5, 5.41) is 10.2. The summed E-state index contributed by atoms with van der Waals surface area (Å²) in [6, 6.07) is 5.12. The topological polar surface area (TPSA) is 68.2 Å². The lowest BCUT2D eigenvalue weighted by molar-refractivity contribution is -0.604. The van der Waals surface area contributed by atoms with Gasteiger partial charge in [-0.15, -0.1) is 0 Å². The fourth-order valence-electron chi connectivity index (χ4n) is 5.14. The van der Waals surface area contributed by atoms with E-state index in [1.165, 1.54) is 0 Å². The second-order valence-electron chi connectivity index (χ2n) is 10.7. The monoisotopic (exact) mass is 391 g/mol. The van der Waals surface area contributed by atoms with E-state index in [1.807, 2.05) is 33.8 Å². The first-order valence-electron chi connectivity index (χ1n) is 9.77. The van der Waals surface area contributed by atoms with Crippen molar-refractivity contribution in [1.29, 1.82) is 0 Å². The van der Waals surface area contributed by atoms with Gasteiger partial charge in [-0.05, 0) is 45.4 Å². The van der Waals surface area contributed by atoms with Crippen molar-refractivity contribution >= 4 is 6.09 Å². The lowest BCUT2D eigenvalue weighted by atomic mass is 9.57. The highest BCUT2D eigenvalue weighted by Crippen LogP contribution is 2.70. The number of hydrogen-bond donors (Lipinski definition) is 1. The van der Waals surface area contributed by atoms with Crippen LogP contribution in [0.5, 0.6) is 5.75 Å². The van der Waals surface area contributed by atoms with Crippen LogP contribution in [0, 0.1) is 17.8 Å². The third kappa shape index (κ3) is 2.57. The number of phenols is 1. The largest absolute Gasteiger partial charge is 0.508 e. The lowest BCUT2D eigenvalue weighted by Gasteiger charge is -2.63. The number of nitrogens with zero attached hydrogens (tertiary/aromatic N) is 1. The number of fused-ring (bicyclic) bond motifs is 1. The molecule has 3 rings (SSSR count). The average Bonchev–Trinajstić information content (AvgIpc) is 2.59. The Morgan fingerprint density at radius 3 is 2.21 bits per heavy atom. The van der Waals surface area contributed by atoms with E-state index in [9.17, 15) is 9.90 Å². The zero-order valence-electron chi connectivity index (χ0n) is 18.5. The number of carbonyl (C=O) groups is 1. The third-order valence-corrected chi connectivity index (χ3v) is 5.91. The van der Waals surface area contributed by atoms with Crippen molar-refractivity contribution in [2.24, 2.45) is 10.8 Å². The van der Waals surface area contributed by atoms with Gasteiger partial charge < -0.3 is 9.84 Å². The molecule has 156 valence electrons. The molecule has 2 heterocycles. The summed E-state index contributed by atoms with van der Waals surface area (Å²) in [6.45, 7) is 18.3. The highest BCUT2D eigenvalue weighted by atomic mass is 17.3. The van der Waals surface area contributed by atoms with Gasteiger partial charge in [-0.25, -0.2) is 9.68 Å². The molecule has 1 N–H and O–H groups in total. The lowest BCUT2D eigenvalue weighted by Crippen LogP contribution is -2.76. The van der Waals surface area contributed by atoms with Gasteiger partial charge in [-0.3, -0.25) is 4.90 Å². The highest BCUT2D eigenvalue weighted by Gasteiger charge is 2.84. The maximum absolute atomic E-state index is 13.3. The molecule has 1 amide bonds. The molecular weight excluding hydrogens is 358 g/mol. The first-order valence-corrected chi connectivity index (χ1v) is 9.77. The molecule has 28 heavy (non-hydrogen) atoms. The average molecular weight is 392 g/mol. The van der Waals surface area contributed by atoms with Gasteiger partial charge in [0.05, 0.1) is 0 Å². The number of carbonyl (C=O) groups excluding carboxylic acids is 1. The van der Waals surface area contributed by atoms with Crippen molar-refractivity contribution in [3.63, 3.8) is 0 Å². The zero-order valence-corrected chi connectivity index (χ0v) is 18.5. The van der Waals surface area contributed by atoms with E-state index >= 15 is 0 Å². The van der Waals surface area contributed by atoms with E-state index in [0.717, 1.165) is 5.56 Å². The van der Waals surface area contributed by atoms with Gasteiger partial charge in [0.25, 0.3) is 0 Å². The molecule has 2 saturated heterocycles. The van der Waals surface area contributed by atoms with Crippen molar-refractivity contribution in [1.82, 2.24) is 4.90 Å². The zero-order chi connectivity index (χ0) is 21.3. The Morgan fingerprint density at radius 1 is 1.14 bits per heavy atom. The van der Waals surface area contributed by atoms with Crippen molar-refractivity contribution in [2.75, 3.05) is 6.54 Å². The Labute approximate surface area is 167 Å². The number of rotatable bonds is 1. The Balaban J connectivity index is 2.28. The number of benzene rings is 1. The molecule has 2 aliphatic rings. The normalized spacial score (nSPS) is 29.2. The molecule has 1 aromatic carbocycles. The second-order valence-corrected chi connectivity index (χ2v) is 10.7. The first-order chi connectivity index (χ1) is 12.6. The summed E-state index contributed by atoms with van der Waals surface area (Å²) in [5.41, 5.74) is -1.86. The summed E-state index contributed by atoms with van der Waals surface area (Å²) >= 11 is 0. The maximum atomic E-state index is 13.3. The molecule has 6 heteroatoms. The van der Waals surface area contributed by atoms with Crippen molar-refractivity contribution in [3.8, 4) is 5.75 Å². The molecule has 2 fully saturated rings. The smallest absolute Gasteiger partial charge is 0.413 e. The van der Waals surface area contributed by atoms with Gasteiger partial charge in [-0.1, -0.05) is 40.7 Å². The van der Waals surface area contributed by atoms with Crippen molar-refractivity contribution in [2.45, 2.75) is 79.2 Å². The number of aryl methyl sites for hydroxylation is 1. The third-order valence-electron chi connectivity index (χ3n) is 5.91. The molecule has 2 atom stereocenters. The van der Waals surface area contributed by atoms with Crippen LogP contribution < -0.4 is 0 Å². The van der Waals surface area contributed by atoms with Crippen LogP contribution in [0.3, 0.4) is 0 Å². The Kier molecular flexibility index (Phi) is 4.38. The number of hydrogen-bond acceptors (Lipinski definition) is 5. The quantitative estimate of drug-likeness (QED) is 0.691. The molecular formula is C22H33NO5. The molecule has 0 aliphatic carbocycles. The fraction of sp³-hybridized carbons (Fsp3) is 0.682. The Hall–Kier alpha value is -1.79. The summed E-state index contributed by atoms with van der Waals surface area (Å²) in [6.07, 6.45) is -0.460. The number of amides is 1. The van der Waals surface area contributed by atoms with Crippen LogP contribution in [0.4, 0.5) is 4.79 Å². The minimum atomic E-state index is -1.19. The molecule has 0 unspecified atom stereocenters. The van der Waals surface area contributed by atoms with Crippen LogP contribution in [0.1, 0.15) is 66.5 Å². The number of likely N-dealkylation sites (tertiary alicyclic amines) is 1. The molecule has 0 saturated carbocycles. The summed E-state index contributed by atoms with van der Waals surface area (Å²) in [4.78, 5) is 26.8. The highest BCUT2D eigenvalue weighted by molar-refractivity contribution is 5.71. The van der Waals surface area contributed by atoms with Crippen molar-refractivity contribution < 1.29 is 24.4 Å². The molecule has 1 aromatic rings. The predicted octanol–water partition coefficient (Wildman–Crippen LogP) is 4.88. The Morgan fingerprint density at radius 2 is 1.75 bits per heavy atom. The van der Waals surface area contributed by atoms with E-state index in [0.29, 0.717) is 12.1 Å². The van der Waals surface area contributed by atoms with Crippen LogP contribution in [-0.2, 0) is 20.2 Å². The van der Waals surface area contributed by atoms with Crippen LogP contribution in [-0.4, -0.2) is 33.8 Å². The van der Waals surface area contributed by atoms with E-state index < -0.39 is 28.4 Å². The minimum absolute atomic E-state index is 0.113. The summed E-state index contributed by atoms with van der Waals surface area (Å²) < 4.78 is 5.73. The van der Waals surface area contributed by atoms with Crippen LogP contribution in [0.15, 0.2) is 18.2 Å². The van der Waals surface area contributed by atoms with Gasteiger partial charge in [0, 0.05) is 22.9 Å². The van der Waals surface area contributed by atoms with Gasteiger partial charge in [0.2, 0.25) is 5.72 Å². The van der Waals surface area contributed by atoms with Crippen LogP contribution in [0.25, 0.3) is 0 Å². The van der Waals surface area contributed by atoms with E-state index in [1.54, 1.807) is 17.0 Å². The second kappa shape index (κ2) is 5.86. The number of phenolic OH excluding ortho intramolecular Hbond substituents is 1. The summed E-state index contributed by atoms with van der Waals surface area (Å²) in [7, 11) is 0. The molecule has 0 spiro atoms. The van der Waals surface area contributed by atoms with E-state index in [2.05, 4.69) is 34.6 Å². The molecule has 2 aliphatic heterocycles. The van der Waals surface area contributed by atoms with E-state index in [4.69, 9.17) is 14.5 Å². The molecule has 0 aromatic heterocycles. The summed E-state index contributed by atoms with van der Waals surface area (Å²) in [5.74, 6) is 0.113. The predicted molar refractivity (Wildman–Crippen MR) is 106 cm³/mol. The SMILES string of the molecule is Cc1ccc(O)cc1[C@]12OO[C@@]1(C(C)(C)C)C(C)(C)CN2C(=O)OC(C)(C)C. The number of ether oxygens (including phenoxy) is 1. The van der Waals surface area contributed by atoms with E-state index in [-0.39, 0.29) is 11.2 Å². The number of aromatic hydroxyl groups is 1. The van der Waals surface area contributed by atoms with Gasteiger partial charge in [0.15, 0.2) is 5.60 Å². The standard InChI is InChI=1S/C22H33NO5/c1-14-10-11-15(24)12-16(14)21-22(28-27-21,18(2,3)4)20(8,9)13-23(21)17(25)26-19(5,6)7/h10-12,24H,13H2,1-9H3/t21-,22-/m0/s1. The van der Waals surface area contributed by atoms with Gasteiger partial charge in [0.1, 0.15) is 11.4 Å². The van der Waals surface area contributed by atoms with Gasteiger partial charge in [-0.2, -0.15) is 4.89 Å². The van der Waals surface area contributed by atoms with Gasteiger partial charge >= 0.3 is 6.09 Å². The molecule has 0 bridgehead atoms. The maximum Gasteiger partial charge on any atom is 0.413 e. The van der Waals surface area contributed by atoms with Crippen molar-refractivity contribution in [3.05, 3.63) is 29.3 Å². The van der Waals surface area contributed by atoms with Crippen LogP contribution >= 0.6 is 0 Å².